The molecule has 2 aliphatic heterocycles. The van der Waals surface area contributed by atoms with Crippen molar-refractivity contribution >= 4 is 17.7 Å². The Kier molecular flexibility index (Phi) is 4.15. The number of fused-ring (bicyclic) bond motifs is 1. The maximum absolute atomic E-state index is 12.3. The molecule has 0 bridgehead atoms. The van der Waals surface area contributed by atoms with E-state index < -0.39 is 6.04 Å². The number of benzene rings is 1. The molecule has 26 heavy (non-hydrogen) atoms. The van der Waals surface area contributed by atoms with Crippen molar-refractivity contribution in [1.29, 1.82) is 0 Å². The fourth-order valence-electron chi connectivity index (χ4n) is 3.61. The minimum absolute atomic E-state index is 0.00174. The average Bonchev–Trinajstić information content (AvgIpc) is 3.16. The van der Waals surface area contributed by atoms with Crippen LogP contribution in [0, 0.1) is 0 Å². The summed E-state index contributed by atoms with van der Waals surface area (Å²) in [4.78, 5) is 14.1. The number of tetrazole rings is 1. The third-order valence-corrected chi connectivity index (χ3v) is 6.45. The Morgan fingerprint density at radius 3 is 2.73 bits per heavy atom. The van der Waals surface area contributed by atoms with Crippen molar-refractivity contribution in [3.63, 3.8) is 0 Å². The fourth-order valence-corrected chi connectivity index (χ4v) is 5.18. The van der Waals surface area contributed by atoms with Crippen LogP contribution < -0.4 is 10.5 Å². The molecule has 2 N–H and O–H groups in total. The van der Waals surface area contributed by atoms with E-state index in [1.807, 2.05) is 36.1 Å². The first-order valence-corrected chi connectivity index (χ1v) is 9.53. The van der Waals surface area contributed by atoms with Crippen LogP contribution in [-0.4, -0.2) is 53.8 Å². The van der Waals surface area contributed by atoms with E-state index in [0.717, 1.165) is 11.3 Å². The van der Waals surface area contributed by atoms with Crippen molar-refractivity contribution in [2.75, 3.05) is 6.61 Å². The number of nitrogens with zero attached hydrogens (tertiary/aromatic N) is 5. The molecule has 0 saturated carbocycles. The van der Waals surface area contributed by atoms with E-state index in [1.165, 1.54) is 0 Å². The van der Waals surface area contributed by atoms with Gasteiger partial charge in [0.25, 0.3) is 0 Å². The zero-order chi connectivity index (χ0) is 18.5. The normalized spacial score (nSPS) is 26.5. The van der Waals surface area contributed by atoms with Gasteiger partial charge in [-0.05, 0) is 48.9 Å². The highest BCUT2D eigenvalue weighted by Crippen LogP contribution is 2.56. The van der Waals surface area contributed by atoms with Crippen molar-refractivity contribution in [1.82, 2.24) is 25.1 Å². The summed E-state index contributed by atoms with van der Waals surface area (Å²) >= 11 is 1.71. The molecule has 9 heteroatoms. The monoisotopic (exact) mass is 374 g/mol. The number of carbonyl (C=O) groups excluding carboxylic acids is 1. The lowest BCUT2D eigenvalue weighted by molar-refractivity contribution is -0.147. The number of ether oxygens (including phenoxy) is 1. The van der Waals surface area contributed by atoms with Crippen LogP contribution >= 0.6 is 11.8 Å². The summed E-state index contributed by atoms with van der Waals surface area (Å²) < 4.78 is 7.04. The van der Waals surface area contributed by atoms with E-state index in [1.54, 1.807) is 16.4 Å². The highest BCUT2D eigenvalue weighted by Gasteiger charge is 2.61. The van der Waals surface area contributed by atoms with E-state index in [0.29, 0.717) is 19.0 Å². The topological polar surface area (TPSA) is 99.2 Å². The average molecular weight is 374 g/mol. The third-order valence-electron chi connectivity index (χ3n) is 4.85. The standard InChI is InChI=1S/C17H22N6O2S/c1-4-25-11-7-5-10(6-8-11)9-22-14(19-20-21-22)13-17(2,3)26-16-12(18)15(24)23(13)16/h5-8,12-13,16H,4,9,18H2,1-3H3. The van der Waals surface area contributed by atoms with Gasteiger partial charge < -0.3 is 15.4 Å². The minimum atomic E-state index is -0.431. The second-order valence-electron chi connectivity index (χ2n) is 7.06. The largest absolute Gasteiger partial charge is 0.494 e. The van der Waals surface area contributed by atoms with Gasteiger partial charge in [0.05, 0.1) is 13.2 Å². The number of rotatable bonds is 5. The van der Waals surface area contributed by atoms with Crippen LogP contribution in [0.5, 0.6) is 5.75 Å². The summed E-state index contributed by atoms with van der Waals surface area (Å²) in [5.74, 6) is 1.50. The molecule has 3 heterocycles. The van der Waals surface area contributed by atoms with Gasteiger partial charge in [0.15, 0.2) is 5.82 Å². The Morgan fingerprint density at radius 1 is 1.31 bits per heavy atom. The van der Waals surface area contributed by atoms with Crippen molar-refractivity contribution < 1.29 is 9.53 Å². The van der Waals surface area contributed by atoms with Gasteiger partial charge in [-0.2, -0.15) is 0 Å². The van der Waals surface area contributed by atoms with Gasteiger partial charge in [-0.1, -0.05) is 12.1 Å². The Balaban J connectivity index is 1.60. The van der Waals surface area contributed by atoms with Gasteiger partial charge in [-0.25, -0.2) is 4.68 Å². The molecule has 138 valence electrons. The third kappa shape index (κ3) is 2.66. The summed E-state index contributed by atoms with van der Waals surface area (Å²) in [6, 6.07) is 7.25. The van der Waals surface area contributed by atoms with Gasteiger partial charge in [0.2, 0.25) is 5.91 Å². The van der Waals surface area contributed by atoms with Crippen molar-refractivity contribution in [3.8, 4) is 5.75 Å². The van der Waals surface area contributed by atoms with E-state index in [-0.39, 0.29) is 22.1 Å². The highest BCUT2D eigenvalue weighted by atomic mass is 32.2. The molecule has 0 radical (unpaired) electrons. The molecular weight excluding hydrogens is 352 g/mol. The molecule has 2 aliphatic rings. The molecule has 1 aromatic carbocycles. The van der Waals surface area contributed by atoms with Gasteiger partial charge in [-0.15, -0.1) is 16.9 Å². The summed E-state index contributed by atoms with van der Waals surface area (Å²) in [5.41, 5.74) is 7.03. The van der Waals surface area contributed by atoms with Gasteiger partial charge >= 0.3 is 0 Å². The molecule has 8 nitrogen and oxygen atoms in total. The van der Waals surface area contributed by atoms with E-state index in [2.05, 4.69) is 29.4 Å². The zero-order valence-corrected chi connectivity index (χ0v) is 15.8. The molecule has 1 amide bonds. The van der Waals surface area contributed by atoms with E-state index in [9.17, 15) is 4.79 Å². The molecule has 4 rings (SSSR count). The van der Waals surface area contributed by atoms with Crippen LogP contribution in [0.25, 0.3) is 0 Å². The van der Waals surface area contributed by atoms with Crippen LogP contribution in [0.15, 0.2) is 24.3 Å². The smallest absolute Gasteiger partial charge is 0.244 e. The molecule has 3 unspecified atom stereocenters. The molecular formula is C17H22N6O2S. The maximum Gasteiger partial charge on any atom is 0.244 e. The predicted molar refractivity (Wildman–Crippen MR) is 97.6 cm³/mol. The summed E-state index contributed by atoms with van der Waals surface area (Å²) in [7, 11) is 0. The molecule has 2 saturated heterocycles. The van der Waals surface area contributed by atoms with Gasteiger partial charge in [0, 0.05) is 4.75 Å². The number of aromatic nitrogens is 4. The van der Waals surface area contributed by atoms with Crippen molar-refractivity contribution in [3.05, 3.63) is 35.7 Å². The van der Waals surface area contributed by atoms with E-state index >= 15 is 0 Å². The Hall–Kier alpha value is -2.13. The number of nitrogens with two attached hydrogens (primary N) is 1. The lowest BCUT2D eigenvalue weighted by Crippen LogP contribution is -2.65. The lowest BCUT2D eigenvalue weighted by atomic mass is 9.95. The molecule has 2 fully saturated rings. The SMILES string of the molecule is CCOc1ccc(Cn2nnnc2C2N3C(=O)C(N)C3SC2(C)C)cc1. The van der Waals surface area contributed by atoms with Crippen LogP contribution in [-0.2, 0) is 11.3 Å². The summed E-state index contributed by atoms with van der Waals surface area (Å²) in [6.45, 7) is 7.34. The lowest BCUT2D eigenvalue weighted by Gasteiger charge is -2.42. The zero-order valence-electron chi connectivity index (χ0n) is 15.0. The molecule has 0 spiro atoms. The Bertz CT molecular complexity index is 821. The minimum Gasteiger partial charge on any atom is -0.494 e. The first kappa shape index (κ1) is 17.3. The van der Waals surface area contributed by atoms with Crippen molar-refractivity contribution in [2.45, 2.75) is 49.5 Å². The van der Waals surface area contributed by atoms with Gasteiger partial charge in [-0.3, -0.25) is 4.79 Å². The number of carbonyl (C=O) groups is 1. The predicted octanol–water partition coefficient (Wildman–Crippen LogP) is 1.18. The van der Waals surface area contributed by atoms with Crippen LogP contribution in [0.1, 0.15) is 38.2 Å². The van der Waals surface area contributed by atoms with Crippen LogP contribution in [0.3, 0.4) is 0 Å². The molecule has 3 atom stereocenters. The molecule has 0 aliphatic carbocycles. The summed E-state index contributed by atoms with van der Waals surface area (Å²) in [5, 5.41) is 12.3. The van der Waals surface area contributed by atoms with Crippen LogP contribution in [0.4, 0.5) is 0 Å². The number of amides is 1. The molecule has 1 aromatic heterocycles. The first-order chi connectivity index (χ1) is 12.4. The molecule has 2 aromatic rings. The number of hydrogen-bond donors (Lipinski definition) is 1. The number of β-lactam (4-membered cyclic amide) rings is 1. The first-order valence-electron chi connectivity index (χ1n) is 8.65. The quantitative estimate of drug-likeness (QED) is 0.785. The summed E-state index contributed by atoms with van der Waals surface area (Å²) in [6.07, 6.45) is 0. The van der Waals surface area contributed by atoms with Crippen molar-refractivity contribution in [2.24, 2.45) is 5.73 Å². The maximum atomic E-state index is 12.3. The highest BCUT2D eigenvalue weighted by molar-refractivity contribution is 8.01. The number of thioether (sulfide) groups is 1. The Labute approximate surface area is 156 Å². The van der Waals surface area contributed by atoms with Gasteiger partial charge in [0.1, 0.15) is 23.2 Å². The fraction of sp³-hybridized carbons (Fsp3) is 0.529. The van der Waals surface area contributed by atoms with E-state index in [4.69, 9.17) is 10.5 Å². The second-order valence-corrected chi connectivity index (χ2v) is 8.83. The second kappa shape index (κ2) is 6.24. The Morgan fingerprint density at radius 2 is 2.04 bits per heavy atom. The number of hydrogen-bond acceptors (Lipinski definition) is 7. The van der Waals surface area contributed by atoms with Crippen LogP contribution in [0.2, 0.25) is 0 Å².